The number of hydrogen-bond acceptors (Lipinski definition) is 4. The molecule has 0 bridgehead atoms. The lowest BCUT2D eigenvalue weighted by Gasteiger charge is -2.15. The molecule has 0 aromatic heterocycles. The van der Waals surface area contributed by atoms with Crippen LogP contribution in [-0.2, 0) is 0 Å². The van der Waals surface area contributed by atoms with Crippen molar-refractivity contribution >= 4 is 45.6 Å². The molecule has 4 rings (SSSR count). The SMILES string of the molecule is Fc1cccc(NC(=S)Nc2cccc(C3CN4CCSC4=N3)c2)c1. The number of benzene rings is 2. The molecule has 1 fully saturated rings. The van der Waals surface area contributed by atoms with E-state index in [9.17, 15) is 4.39 Å². The van der Waals surface area contributed by atoms with E-state index in [2.05, 4.69) is 27.7 Å². The Hall–Kier alpha value is -2.12. The van der Waals surface area contributed by atoms with E-state index in [-0.39, 0.29) is 11.9 Å². The summed E-state index contributed by atoms with van der Waals surface area (Å²) in [4.78, 5) is 7.14. The van der Waals surface area contributed by atoms with Gasteiger partial charge in [0.2, 0.25) is 0 Å². The van der Waals surface area contributed by atoms with Gasteiger partial charge >= 0.3 is 0 Å². The predicted molar refractivity (Wildman–Crippen MR) is 107 cm³/mol. The molecule has 2 aromatic rings. The van der Waals surface area contributed by atoms with Gasteiger partial charge in [-0.1, -0.05) is 30.0 Å². The first-order valence-corrected chi connectivity index (χ1v) is 9.46. The second kappa shape index (κ2) is 7.01. The zero-order valence-electron chi connectivity index (χ0n) is 13.4. The van der Waals surface area contributed by atoms with Crippen molar-refractivity contribution in [1.29, 1.82) is 0 Å². The number of fused-ring (bicyclic) bond motifs is 1. The van der Waals surface area contributed by atoms with Crippen molar-refractivity contribution in [3.05, 3.63) is 59.9 Å². The highest BCUT2D eigenvalue weighted by atomic mass is 32.2. The fourth-order valence-electron chi connectivity index (χ4n) is 2.97. The summed E-state index contributed by atoms with van der Waals surface area (Å²) >= 11 is 7.15. The molecule has 25 heavy (non-hydrogen) atoms. The third-order valence-electron chi connectivity index (χ3n) is 4.13. The summed E-state index contributed by atoms with van der Waals surface area (Å²) in [6.07, 6.45) is 0. The lowest BCUT2D eigenvalue weighted by molar-refractivity contribution is 0.464. The summed E-state index contributed by atoms with van der Waals surface area (Å²) in [6, 6.07) is 14.5. The molecule has 2 aliphatic heterocycles. The van der Waals surface area contributed by atoms with Crippen molar-refractivity contribution in [3.63, 3.8) is 0 Å². The zero-order chi connectivity index (χ0) is 17.2. The molecule has 2 N–H and O–H groups in total. The average Bonchev–Trinajstić information content (AvgIpc) is 3.16. The maximum Gasteiger partial charge on any atom is 0.175 e. The van der Waals surface area contributed by atoms with Crippen molar-refractivity contribution in [2.75, 3.05) is 29.5 Å². The van der Waals surface area contributed by atoms with E-state index in [1.165, 1.54) is 17.7 Å². The number of rotatable bonds is 3. The lowest BCUT2D eigenvalue weighted by atomic mass is 10.1. The van der Waals surface area contributed by atoms with Gasteiger partial charge in [0.05, 0.1) is 6.04 Å². The minimum absolute atomic E-state index is 0.175. The Morgan fingerprint density at radius 1 is 1.16 bits per heavy atom. The molecule has 0 saturated carbocycles. The van der Waals surface area contributed by atoms with Gasteiger partial charge in [0, 0.05) is 30.2 Å². The number of hydrogen-bond donors (Lipinski definition) is 2. The van der Waals surface area contributed by atoms with Crippen LogP contribution in [-0.4, -0.2) is 34.0 Å². The van der Waals surface area contributed by atoms with Crippen LogP contribution in [0.5, 0.6) is 0 Å². The Bertz CT molecular complexity index is 839. The van der Waals surface area contributed by atoms with Crippen LogP contribution in [0.1, 0.15) is 11.6 Å². The van der Waals surface area contributed by atoms with E-state index in [0.717, 1.165) is 29.7 Å². The Labute approximate surface area is 155 Å². The summed E-state index contributed by atoms with van der Waals surface area (Å²) in [5, 5.41) is 7.73. The molecule has 0 spiro atoms. The highest BCUT2D eigenvalue weighted by Crippen LogP contribution is 2.33. The van der Waals surface area contributed by atoms with E-state index in [1.807, 2.05) is 23.9 Å². The minimum atomic E-state index is -0.298. The molecule has 1 atom stereocenters. The third kappa shape index (κ3) is 3.77. The first-order chi connectivity index (χ1) is 12.2. The quantitative estimate of drug-likeness (QED) is 0.794. The number of amidine groups is 1. The third-order valence-corrected chi connectivity index (χ3v) is 5.35. The topological polar surface area (TPSA) is 39.7 Å². The molecule has 7 heteroatoms. The molecule has 2 heterocycles. The van der Waals surface area contributed by atoms with Crippen LogP contribution in [0.15, 0.2) is 53.5 Å². The normalized spacial score (nSPS) is 18.7. The molecule has 0 amide bonds. The van der Waals surface area contributed by atoms with E-state index >= 15 is 0 Å². The summed E-state index contributed by atoms with van der Waals surface area (Å²) in [6.45, 7) is 2.03. The van der Waals surface area contributed by atoms with E-state index in [0.29, 0.717) is 10.8 Å². The van der Waals surface area contributed by atoms with Gasteiger partial charge < -0.3 is 15.5 Å². The molecular formula is C18H17FN4S2. The molecule has 1 saturated heterocycles. The van der Waals surface area contributed by atoms with Crippen LogP contribution in [0, 0.1) is 5.82 Å². The number of thioether (sulfide) groups is 1. The van der Waals surface area contributed by atoms with Gasteiger partial charge in [0.15, 0.2) is 10.3 Å². The number of nitrogens with one attached hydrogen (secondary N) is 2. The van der Waals surface area contributed by atoms with E-state index in [4.69, 9.17) is 17.2 Å². The summed E-state index contributed by atoms with van der Waals surface area (Å²) in [5.74, 6) is 0.834. The molecule has 128 valence electrons. The first kappa shape index (κ1) is 16.4. The maximum absolute atomic E-state index is 13.2. The molecule has 0 aliphatic carbocycles. The van der Waals surface area contributed by atoms with E-state index in [1.54, 1.807) is 12.1 Å². The van der Waals surface area contributed by atoms with Crippen molar-refractivity contribution in [3.8, 4) is 0 Å². The smallest absolute Gasteiger partial charge is 0.175 e. The van der Waals surface area contributed by atoms with Gasteiger partial charge in [-0.3, -0.25) is 4.99 Å². The summed E-state index contributed by atoms with van der Waals surface area (Å²) in [7, 11) is 0. The van der Waals surface area contributed by atoms with Crippen molar-refractivity contribution in [1.82, 2.24) is 4.90 Å². The highest BCUT2D eigenvalue weighted by Gasteiger charge is 2.30. The van der Waals surface area contributed by atoms with Gasteiger partial charge in [0.25, 0.3) is 0 Å². The Kier molecular flexibility index (Phi) is 4.59. The second-order valence-electron chi connectivity index (χ2n) is 5.94. The molecule has 2 aliphatic rings. The van der Waals surface area contributed by atoms with Crippen LogP contribution in [0.3, 0.4) is 0 Å². The Morgan fingerprint density at radius 3 is 2.68 bits per heavy atom. The van der Waals surface area contributed by atoms with Gasteiger partial charge in [-0.05, 0) is 48.1 Å². The largest absolute Gasteiger partial charge is 0.348 e. The maximum atomic E-state index is 13.2. The van der Waals surface area contributed by atoms with Gasteiger partial charge in [0.1, 0.15) is 5.82 Å². The number of nitrogens with zero attached hydrogens (tertiary/aromatic N) is 2. The molecule has 1 unspecified atom stereocenters. The Balaban J connectivity index is 1.43. The fourth-order valence-corrected chi connectivity index (χ4v) is 4.25. The van der Waals surface area contributed by atoms with Crippen LogP contribution in [0.25, 0.3) is 0 Å². The molecule has 4 nitrogen and oxygen atoms in total. The Morgan fingerprint density at radius 2 is 1.92 bits per heavy atom. The monoisotopic (exact) mass is 372 g/mol. The number of thiocarbonyl (C=S) groups is 1. The summed E-state index contributed by atoms with van der Waals surface area (Å²) in [5.41, 5.74) is 2.68. The minimum Gasteiger partial charge on any atom is -0.348 e. The highest BCUT2D eigenvalue weighted by molar-refractivity contribution is 8.14. The van der Waals surface area contributed by atoms with Gasteiger partial charge in [-0.15, -0.1) is 0 Å². The predicted octanol–water partition coefficient (Wildman–Crippen LogP) is 4.09. The van der Waals surface area contributed by atoms with Gasteiger partial charge in [-0.2, -0.15) is 0 Å². The number of aliphatic imine (C=N–C) groups is 1. The molecule has 0 radical (unpaired) electrons. The number of anilines is 2. The standard InChI is InChI=1S/C18H17FN4S2/c19-13-4-2-6-15(10-13)21-17(24)20-14-5-1-3-12(9-14)16-11-23-7-8-25-18(23)22-16/h1-6,9-10,16H,7-8,11H2,(H2,20,21,24). The van der Waals surface area contributed by atoms with Crippen LogP contribution >= 0.6 is 24.0 Å². The van der Waals surface area contributed by atoms with Crippen LogP contribution < -0.4 is 10.6 Å². The summed E-state index contributed by atoms with van der Waals surface area (Å²) < 4.78 is 13.2. The average molecular weight is 372 g/mol. The van der Waals surface area contributed by atoms with E-state index < -0.39 is 0 Å². The number of halogens is 1. The van der Waals surface area contributed by atoms with Crippen molar-refractivity contribution in [2.45, 2.75) is 6.04 Å². The van der Waals surface area contributed by atoms with Crippen molar-refractivity contribution < 1.29 is 4.39 Å². The van der Waals surface area contributed by atoms with Gasteiger partial charge in [-0.25, -0.2) is 4.39 Å². The zero-order valence-corrected chi connectivity index (χ0v) is 15.0. The van der Waals surface area contributed by atoms with Crippen LogP contribution in [0.4, 0.5) is 15.8 Å². The first-order valence-electron chi connectivity index (χ1n) is 8.06. The second-order valence-corrected chi connectivity index (χ2v) is 7.41. The lowest BCUT2D eigenvalue weighted by Crippen LogP contribution is -2.22. The molecular weight excluding hydrogens is 355 g/mol. The molecule has 2 aromatic carbocycles. The van der Waals surface area contributed by atoms with Crippen molar-refractivity contribution in [2.24, 2.45) is 4.99 Å². The fraction of sp³-hybridized carbons (Fsp3) is 0.222. The van der Waals surface area contributed by atoms with Crippen LogP contribution in [0.2, 0.25) is 0 Å².